The zero-order valence-corrected chi connectivity index (χ0v) is 7.75. The summed E-state index contributed by atoms with van der Waals surface area (Å²) >= 11 is 5.41. The van der Waals surface area contributed by atoms with Gasteiger partial charge in [-0.05, 0) is 23.7 Å². The van der Waals surface area contributed by atoms with Gasteiger partial charge in [-0.15, -0.1) is 0 Å². The molecule has 1 N–H and O–H groups in total. The Labute approximate surface area is 85.9 Å². The highest BCUT2D eigenvalue weighted by Crippen LogP contribution is 2.32. The second kappa shape index (κ2) is 3.10. The molecule has 0 spiro atoms. The molecule has 1 aromatic carbocycles. The van der Waals surface area contributed by atoms with Crippen molar-refractivity contribution in [1.82, 2.24) is 9.97 Å². The van der Waals surface area contributed by atoms with Crippen LogP contribution in [0.1, 0.15) is 5.56 Å². The molecule has 0 aliphatic rings. The van der Waals surface area contributed by atoms with E-state index < -0.39 is 17.6 Å². The van der Waals surface area contributed by atoms with E-state index in [1.54, 1.807) is 0 Å². The van der Waals surface area contributed by atoms with E-state index >= 15 is 0 Å². The molecule has 80 valence electrons. The number of aromatic nitrogens is 2. The number of imidazole rings is 1. The summed E-state index contributed by atoms with van der Waals surface area (Å²) in [6.07, 6.45) is -4.59. The summed E-state index contributed by atoms with van der Waals surface area (Å²) in [6.45, 7) is 0. The maximum Gasteiger partial charge on any atom is 0.416 e. The van der Waals surface area contributed by atoms with E-state index in [1.807, 2.05) is 0 Å². The fourth-order valence-electron chi connectivity index (χ4n) is 1.21. The van der Waals surface area contributed by atoms with Crippen LogP contribution in [0, 0.1) is 5.82 Å². The van der Waals surface area contributed by atoms with E-state index in [0.29, 0.717) is 6.07 Å². The molecule has 1 heterocycles. The van der Waals surface area contributed by atoms with E-state index in [1.165, 1.54) is 0 Å². The standard InChI is InChI=1S/C8H3ClF4N2/c9-7-14-5-2-3(8(11,12)13)1-4(10)6(5)15-7/h1-2H,(H,14,15). The first-order chi connectivity index (χ1) is 6.88. The van der Waals surface area contributed by atoms with Gasteiger partial charge in [-0.25, -0.2) is 9.37 Å². The molecule has 2 aromatic rings. The van der Waals surface area contributed by atoms with Crippen LogP contribution in [0.4, 0.5) is 17.6 Å². The van der Waals surface area contributed by atoms with Crippen LogP contribution in [-0.4, -0.2) is 9.97 Å². The smallest absolute Gasteiger partial charge is 0.328 e. The number of aromatic amines is 1. The molecule has 0 aliphatic carbocycles. The molecule has 0 radical (unpaired) electrons. The van der Waals surface area contributed by atoms with Crippen LogP contribution in [0.5, 0.6) is 0 Å². The topological polar surface area (TPSA) is 28.7 Å². The minimum atomic E-state index is -4.59. The summed E-state index contributed by atoms with van der Waals surface area (Å²) in [5.74, 6) is -1.05. The van der Waals surface area contributed by atoms with Crippen molar-refractivity contribution in [2.75, 3.05) is 0 Å². The molecule has 2 rings (SSSR count). The highest BCUT2D eigenvalue weighted by molar-refractivity contribution is 6.29. The third-order valence-corrected chi connectivity index (χ3v) is 2.02. The predicted octanol–water partition coefficient (Wildman–Crippen LogP) is 3.37. The lowest BCUT2D eigenvalue weighted by Crippen LogP contribution is -2.05. The largest absolute Gasteiger partial charge is 0.416 e. The molecule has 0 fully saturated rings. The molecule has 0 amide bonds. The Kier molecular flexibility index (Phi) is 2.11. The van der Waals surface area contributed by atoms with Crippen LogP contribution in [-0.2, 0) is 6.18 Å². The van der Waals surface area contributed by atoms with E-state index in [4.69, 9.17) is 11.6 Å². The number of nitrogens with one attached hydrogen (secondary N) is 1. The minimum absolute atomic E-state index is 0.0766. The number of H-pyrrole nitrogens is 1. The van der Waals surface area contributed by atoms with Crippen molar-refractivity contribution < 1.29 is 17.6 Å². The first-order valence-electron chi connectivity index (χ1n) is 3.80. The van der Waals surface area contributed by atoms with E-state index in [9.17, 15) is 17.6 Å². The molecule has 0 unspecified atom stereocenters. The molecule has 0 bridgehead atoms. The molecule has 0 saturated carbocycles. The van der Waals surface area contributed by atoms with E-state index in [0.717, 1.165) is 6.07 Å². The maximum absolute atomic E-state index is 13.1. The van der Waals surface area contributed by atoms with Crippen molar-refractivity contribution in [3.8, 4) is 0 Å². The van der Waals surface area contributed by atoms with Gasteiger partial charge in [0, 0.05) is 0 Å². The molecule has 15 heavy (non-hydrogen) atoms. The fourth-order valence-corrected chi connectivity index (χ4v) is 1.40. The molecule has 0 atom stereocenters. The highest BCUT2D eigenvalue weighted by Gasteiger charge is 2.32. The van der Waals surface area contributed by atoms with Crippen LogP contribution in [0.3, 0.4) is 0 Å². The molecule has 0 aliphatic heterocycles. The zero-order valence-electron chi connectivity index (χ0n) is 6.99. The van der Waals surface area contributed by atoms with Gasteiger partial charge >= 0.3 is 6.18 Å². The first-order valence-corrected chi connectivity index (χ1v) is 4.17. The summed E-state index contributed by atoms with van der Waals surface area (Å²) < 4.78 is 50.0. The van der Waals surface area contributed by atoms with Crippen LogP contribution in [0.25, 0.3) is 11.0 Å². The number of rotatable bonds is 0. The SMILES string of the molecule is Fc1cc(C(F)(F)F)cc2[nH]c(Cl)nc12. The number of halogens is 5. The number of benzene rings is 1. The minimum Gasteiger partial charge on any atom is -0.328 e. The average molecular weight is 239 g/mol. The number of alkyl halides is 3. The Hall–Kier alpha value is -1.30. The third-order valence-electron chi connectivity index (χ3n) is 1.84. The normalized spacial score (nSPS) is 12.3. The number of hydrogen-bond acceptors (Lipinski definition) is 1. The van der Waals surface area contributed by atoms with E-state index in [-0.39, 0.29) is 16.3 Å². The average Bonchev–Trinajstić information content (AvgIpc) is 2.44. The molecular formula is C8H3ClF4N2. The van der Waals surface area contributed by atoms with Gasteiger partial charge in [0.1, 0.15) is 5.52 Å². The van der Waals surface area contributed by atoms with Crippen molar-refractivity contribution in [3.05, 3.63) is 28.8 Å². The molecule has 7 heteroatoms. The van der Waals surface area contributed by atoms with Crippen molar-refractivity contribution in [2.45, 2.75) is 6.18 Å². The van der Waals surface area contributed by atoms with E-state index in [2.05, 4.69) is 9.97 Å². The first kappa shape index (κ1) is 10.2. The highest BCUT2D eigenvalue weighted by atomic mass is 35.5. The lowest BCUT2D eigenvalue weighted by atomic mass is 10.2. The summed E-state index contributed by atoms with van der Waals surface area (Å²) in [5, 5.41) is -0.150. The van der Waals surface area contributed by atoms with Crippen LogP contribution < -0.4 is 0 Å². The number of fused-ring (bicyclic) bond motifs is 1. The predicted molar refractivity (Wildman–Crippen MR) is 46.1 cm³/mol. The van der Waals surface area contributed by atoms with Crippen molar-refractivity contribution >= 4 is 22.6 Å². The lowest BCUT2D eigenvalue weighted by Gasteiger charge is -2.05. The van der Waals surface area contributed by atoms with Crippen molar-refractivity contribution in [1.29, 1.82) is 0 Å². The second-order valence-electron chi connectivity index (χ2n) is 2.88. The molecule has 0 saturated heterocycles. The number of nitrogens with zero attached hydrogens (tertiary/aromatic N) is 1. The third kappa shape index (κ3) is 1.77. The van der Waals surface area contributed by atoms with Crippen molar-refractivity contribution in [3.63, 3.8) is 0 Å². The van der Waals surface area contributed by atoms with Gasteiger partial charge in [0.25, 0.3) is 0 Å². The molecular weight excluding hydrogens is 236 g/mol. The van der Waals surface area contributed by atoms with Crippen LogP contribution >= 0.6 is 11.6 Å². The van der Waals surface area contributed by atoms with Gasteiger partial charge in [0.15, 0.2) is 5.82 Å². The van der Waals surface area contributed by atoms with Gasteiger partial charge in [-0.1, -0.05) is 0 Å². The van der Waals surface area contributed by atoms with Gasteiger partial charge in [0.05, 0.1) is 11.1 Å². The zero-order chi connectivity index (χ0) is 11.2. The van der Waals surface area contributed by atoms with Gasteiger partial charge in [-0.3, -0.25) is 0 Å². The lowest BCUT2D eigenvalue weighted by molar-refractivity contribution is -0.137. The number of hydrogen-bond donors (Lipinski definition) is 1. The Bertz CT molecular complexity index is 517. The van der Waals surface area contributed by atoms with Gasteiger partial charge < -0.3 is 4.98 Å². The Morgan fingerprint density at radius 2 is 1.93 bits per heavy atom. The Morgan fingerprint density at radius 3 is 2.53 bits per heavy atom. The summed E-state index contributed by atoms with van der Waals surface area (Å²) in [5.41, 5.74) is -1.35. The summed E-state index contributed by atoms with van der Waals surface area (Å²) in [7, 11) is 0. The van der Waals surface area contributed by atoms with Crippen LogP contribution in [0.15, 0.2) is 12.1 Å². The molecule has 1 aromatic heterocycles. The van der Waals surface area contributed by atoms with Gasteiger partial charge in [-0.2, -0.15) is 13.2 Å². The summed E-state index contributed by atoms with van der Waals surface area (Å²) in [6, 6.07) is 1.15. The van der Waals surface area contributed by atoms with Crippen molar-refractivity contribution in [2.24, 2.45) is 0 Å². The monoisotopic (exact) mass is 238 g/mol. The Balaban J connectivity index is 2.72. The fraction of sp³-hybridized carbons (Fsp3) is 0.125. The van der Waals surface area contributed by atoms with Gasteiger partial charge in [0.2, 0.25) is 5.28 Å². The maximum atomic E-state index is 13.1. The summed E-state index contributed by atoms with van der Waals surface area (Å²) in [4.78, 5) is 5.83. The second-order valence-corrected chi connectivity index (χ2v) is 3.24. The quantitative estimate of drug-likeness (QED) is 0.701. The Morgan fingerprint density at radius 1 is 1.27 bits per heavy atom. The molecule has 2 nitrogen and oxygen atoms in total. The van der Waals surface area contributed by atoms with Crippen LogP contribution in [0.2, 0.25) is 5.28 Å².